The van der Waals surface area contributed by atoms with Gasteiger partial charge < -0.3 is 9.32 Å². The molecule has 0 aliphatic heterocycles. The lowest BCUT2D eigenvalue weighted by Crippen LogP contribution is -2.26. The van der Waals surface area contributed by atoms with Crippen molar-refractivity contribution >= 4 is 70.5 Å². The number of rotatable bonds is 4. The third-order valence-corrected chi connectivity index (χ3v) is 19.5. The summed E-state index contributed by atoms with van der Waals surface area (Å²) < 4.78 is 9.30. The molecule has 0 bridgehead atoms. The molecule has 4 aliphatic carbocycles. The van der Waals surface area contributed by atoms with E-state index in [1.807, 2.05) is 11.3 Å². The van der Waals surface area contributed by atoms with Gasteiger partial charge in [0.1, 0.15) is 11.2 Å². The van der Waals surface area contributed by atoms with Crippen molar-refractivity contribution in [2.24, 2.45) is 0 Å². The van der Waals surface area contributed by atoms with Gasteiger partial charge in [-0.05, 0) is 132 Å². The molecule has 2 nitrogen and oxygen atoms in total. The molecule has 358 valence electrons. The fourth-order valence-electron chi connectivity index (χ4n) is 14.9. The summed E-state index contributed by atoms with van der Waals surface area (Å²) in [5.74, 6) is 0. The van der Waals surface area contributed by atoms with Gasteiger partial charge in [0.15, 0.2) is 0 Å². The zero-order valence-electron chi connectivity index (χ0n) is 42.6. The van der Waals surface area contributed by atoms with Gasteiger partial charge >= 0.3 is 0 Å². The third kappa shape index (κ3) is 5.26. The Bertz CT molecular complexity index is 4730. The van der Waals surface area contributed by atoms with Crippen LogP contribution in [0.1, 0.15) is 72.2 Å². The Labute approximate surface area is 445 Å². The largest absolute Gasteiger partial charge is 0.455 e. The molecule has 0 fully saturated rings. The van der Waals surface area contributed by atoms with Crippen LogP contribution in [0.2, 0.25) is 0 Å². The Morgan fingerprint density at radius 2 is 0.882 bits per heavy atom. The molecule has 0 amide bonds. The van der Waals surface area contributed by atoms with E-state index in [9.17, 15) is 0 Å². The lowest BCUT2D eigenvalue weighted by Gasteiger charge is -2.33. The van der Waals surface area contributed by atoms with E-state index < -0.39 is 5.41 Å². The van der Waals surface area contributed by atoms with E-state index in [0.717, 1.165) is 38.9 Å². The highest BCUT2D eigenvalue weighted by molar-refractivity contribution is 7.26. The van der Waals surface area contributed by atoms with Gasteiger partial charge in [-0.2, -0.15) is 0 Å². The zero-order chi connectivity index (χ0) is 50.4. The monoisotopic (exact) mass is 987 g/mol. The standard InChI is InChI=1S/C73H49NOS/c1-71(2)56-24-10-5-17-46(56)48-35-32-43(40-62(48)71)74(44-33-36-49-47-34-31-42(39-61(47)72(3,4)63(49)41-44)45-22-15-23-52-50-18-8-13-29-65(50)75-69(45)52)64-28-16-27-59-67(64)54-20-6-11-25-57(54)73(59)58-26-12-7-21-55(58)68-60(73)38-37-53-51-19-9-14-30-66(51)76-70(53)68/h5-41H,1-4H3. The van der Waals surface area contributed by atoms with Crippen LogP contribution in [0.15, 0.2) is 229 Å². The van der Waals surface area contributed by atoms with E-state index in [-0.39, 0.29) is 10.8 Å². The lowest BCUT2D eigenvalue weighted by atomic mass is 9.70. The average molecular weight is 988 g/mol. The van der Waals surface area contributed by atoms with Gasteiger partial charge in [-0.3, -0.25) is 0 Å². The van der Waals surface area contributed by atoms with Crippen molar-refractivity contribution in [1.29, 1.82) is 0 Å². The minimum absolute atomic E-state index is 0.177. The van der Waals surface area contributed by atoms with Crippen LogP contribution in [0.3, 0.4) is 0 Å². The maximum Gasteiger partial charge on any atom is 0.143 e. The van der Waals surface area contributed by atoms with Crippen LogP contribution in [-0.4, -0.2) is 0 Å². The second-order valence-electron chi connectivity index (χ2n) is 22.6. The van der Waals surface area contributed by atoms with Gasteiger partial charge in [-0.1, -0.05) is 204 Å². The van der Waals surface area contributed by atoms with E-state index >= 15 is 0 Å². The molecular formula is C73H49NOS. The first kappa shape index (κ1) is 42.6. The summed E-state index contributed by atoms with van der Waals surface area (Å²) in [6, 6.07) is 85.1. The predicted molar refractivity (Wildman–Crippen MR) is 318 cm³/mol. The molecule has 1 atom stereocenters. The summed E-state index contributed by atoms with van der Waals surface area (Å²) in [6.45, 7) is 9.61. The summed E-state index contributed by atoms with van der Waals surface area (Å²) in [4.78, 5) is 2.60. The molecule has 0 radical (unpaired) electrons. The van der Waals surface area contributed by atoms with Crippen LogP contribution in [0.5, 0.6) is 0 Å². The number of furan rings is 1. The van der Waals surface area contributed by atoms with Crippen molar-refractivity contribution in [2.45, 2.75) is 43.9 Å². The van der Waals surface area contributed by atoms with E-state index in [1.54, 1.807) is 0 Å². The zero-order valence-corrected chi connectivity index (χ0v) is 43.4. The molecule has 13 aromatic rings. The highest BCUT2D eigenvalue weighted by Crippen LogP contribution is 2.67. The minimum atomic E-state index is -0.516. The van der Waals surface area contributed by atoms with Crippen molar-refractivity contribution in [3.05, 3.63) is 269 Å². The topological polar surface area (TPSA) is 16.4 Å². The number of benzene rings is 11. The van der Waals surface area contributed by atoms with Crippen molar-refractivity contribution in [2.75, 3.05) is 4.90 Å². The molecule has 2 heterocycles. The Kier molecular flexibility index (Phi) is 8.27. The molecule has 4 aliphatic rings. The highest BCUT2D eigenvalue weighted by atomic mass is 32.1. The number of anilines is 3. The molecule has 2 aromatic heterocycles. The van der Waals surface area contributed by atoms with Crippen molar-refractivity contribution in [3.8, 4) is 55.6 Å². The molecule has 11 aromatic carbocycles. The first-order chi connectivity index (χ1) is 37.2. The first-order valence-electron chi connectivity index (χ1n) is 26.7. The fourth-order valence-corrected chi connectivity index (χ4v) is 16.1. The number of nitrogens with zero attached hydrogens (tertiary/aromatic N) is 1. The Balaban J connectivity index is 0.888. The number of hydrogen-bond donors (Lipinski definition) is 0. The fraction of sp³-hybridized carbons (Fsp3) is 0.0959. The van der Waals surface area contributed by atoms with Gasteiger partial charge in [0.05, 0.1) is 11.1 Å². The molecule has 1 unspecified atom stereocenters. The molecule has 0 saturated heterocycles. The second-order valence-corrected chi connectivity index (χ2v) is 23.7. The van der Waals surface area contributed by atoms with E-state index in [4.69, 9.17) is 4.42 Å². The summed E-state index contributed by atoms with van der Waals surface area (Å²) in [5.41, 5.74) is 27.9. The van der Waals surface area contributed by atoms with Crippen LogP contribution in [-0.2, 0) is 16.2 Å². The van der Waals surface area contributed by atoms with Gasteiger partial charge in [-0.25, -0.2) is 0 Å². The van der Waals surface area contributed by atoms with Crippen LogP contribution in [0.4, 0.5) is 17.1 Å². The van der Waals surface area contributed by atoms with E-state index in [1.165, 1.54) is 120 Å². The molecule has 17 rings (SSSR count). The molecule has 3 heteroatoms. The Hall–Kier alpha value is -8.76. The molecule has 0 saturated carbocycles. The number of para-hydroxylation sites is 2. The SMILES string of the molecule is CC1(C)c2ccccc2-c2ccc(N(c3ccc4c(c3)C(C)(C)c3cc(-c5cccc6c5oc5ccccc56)ccc3-4)c3cccc4c3-c3ccccc3C43c4ccccc4-c4c3ccc3c4sc4ccccc43)cc21. The normalized spacial score (nSPS) is 16.4. The average Bonchev–Trinajstić information content (AvgIpc) is 4.39. The van der Waals surface area contributed by atoms with Gasteiger partial charge in [0.2, 0.25) is 0 Å². The first-order valence-corrected chi connectivity index (χ1v) is 27.6. The smallest absolute Gasteiger partial charge is 0.143 e. The lowest BCUT2D eigenvalue weighted by molar-refractivity contribution is 0.659. The molecule has 1 spiro atoms. The summed E-state index contributed by atoms with van der Waals surface area (Å²) in [6.07, 6.45) is 0. The summed E-state index contributed by atoms with van der Waals surface area (Å²) in [5, 5.41) is 4.96. The number of thiophene rings is 1. The predicted octanol–water partition coefficient (Wildman–Crippen LogP) is 20.0. The molecule has 76 heavy (non-hydrogen) atoms. The van der Waals surface area contributed by atoms with Gasteiger partial charge in [0, 0.05) is 69.8 Å². The van der Waals surface area contributed by atoms with Crippen molar-refractivity contribution < 1.29 is 4.42 Å². The van der Waals surface area contributed by atoms with Crippen LogP contribution < -0.4 is 4.90 Å². The maximum atomic E-state index is 6.60. The van der Waals surface area contributed by atoms with Crippen LogP contribution in [0.25, 0.3) is 97.7 Å². The van der Waals surface area contributed by atoms with Crippen molar-refractivity contribution in [3.63, 3.8) is 0 Å². The highest BCUT2D eigenvalue weighted by Gasteiger charge is 2.53. The van der Waals surface area contributed by atoms with Gasteiger partial charge in [-0.15, -0.1) is 11.3 Å². The quantitative estimate of drug-likeness (QED) is 0.175. The summed E-state index contributed by atoms with van der Waals surface area (Å²) in [7, 11) is 0. The second kappa shape index (κ2) is 14.8. The summed E-state index contributed by atoms with van der Waals surface area (Å²) >= 11 is 1.94. The molecular weight excluding hydrogens is 939 g/mol. The van der Waals surface area contributed by atoms with Crippen LogP contribution in [0, 0.1) is 0 Å². The molecule has 0 N–H and O–H groups in total. The van der Waals surface area contributed by atoms with Crippen molar-refractivity contribution in [1.82, 2.24) is 0 Å². The minimum Gasteiger partial charge on any atom is -0.455 e. The maximum absolute atomic E-state index is 6.60. The van der Waals surface area contributed by atoms with Crippen LogP contribution >= 0.6 is 11.3 Å². The Morgan fingerprint density at radius 1 is 0.355 bits per heavy atom. The van der Waals surface area contributed by atoms with E-state index in [2.05, 4.69) is 257 Å². The van der Waals surface area contributed by atoms with Gasteiger partial charge in [0.25, 0.3) is 0 Å². The third-order valence-electron chi connectivity index (χ3n) is 18.3. The number of fused-ring (bicyclic) bond motifs is 23. The number of hydrogen-bond acceptors (Lipinski definition) is 3. The van der Waals surface area contributed by atoms with E-state index in [0.29, 0.717) is 0 Å². The Morgan fingerprint density at radius 3 is 1.63 bits per heavy atom.